The molecule has 0 aromatic carbocycles. The van der Waals surface area contributed by atoms with Crippen LogP contribution in [0.5, 0.6) is 0 Å². The summed E-state index contributed by atoms with van der Waals surface area (Å²) in [6.45, 7) is 5.43. The molecule has 0 atom stereocenters. The lowest BCUT2D eigenvalue weighted by molar-refractivity contribution is 0.376. The number of aliphatic imine (C=N–C) groups is 1. The summed E-state index contributed by atoms with van der Waals surface area (Å²) >= 11 is 1.83. The van der Waals surface area contributed by atoms with Crippen LogP contribution in [-0.4, -0.2) is 18.2 Å². The Morgan fingerprint density at radius 2 is 2.00 bits per heavy atom. The van der Waals surface area contributed by atoms with Crippen LogP contribution >= 0.6 is 35.3 Å². The molecule has 21 heavy (non-hydrogen) atoms. The zero-order valence-corrected chi connectivity index (χ0v) is 15.6. The lowest BCUT2D eigenvalue weighted by atomic mass is 10.3. The molecule has 7 heteroatoms. The van der Waals surface area contributed by atoms with Gasteiger partial charge in [0.2, 0.25) is 0 Å². The third kappa shape index (κ3) is 5.66. The van der Waals surface area contributed by atoms with Crippen molar-refractivity contribution in [3.8, 4) is 0 Å². The number of guanidine groups is 1. The van der Waals surface area contributed by atoms with E-state index in [4.69, 9.17) is 4.52 Å². The van der Waals surface area contributed by atoms with E-state index in [0.717, 1.165) is 30.4 Å². The molecule has 2 heterocycles. The summed E-state index contributed by atoms with van der Waals surface area (Å²) in [6, 6.07) is 6.24. The van der Waals surface area contributed by atoms with Crippen LogP contribution in [0.2, 0.25) is 0 Å². The Labute approximate surface area is 146 Å². The maximum Gasteiger partial charge on any atom is 0.191 e. The van der Waals surface area contributed by atoms with Crippen molar-refractivity contribution in [2.24, 2.45) is 4.99 Å². The van der Waals surface area contributed by atoms with Crippen molar-refractivity contribution >= 4 is 41.3 Å². The van der Waals surface area contributed by atoms with Crippen LogP contribution in [0.1, 0.15) is 28.1 Å². The largest absolute Gasteiger partial charge is 0.359 e. The maximum absolute atomic E-state index is 5.15. The van der Waals surface area contributed by atoms with E-state index in [0.29, 0.717) is 6.54 Å². The van der Waals surface area contributed by atoms with E-state index in [9.17, 15) is 0 Å². The molecule has 0 aliphatic rings. The molecule has 2 aromatic heterocycles. The normalized spacial score (nSPS) is 11.1. The van der Waals surface area contributed by atoms with Gasteiger partial charge in [-0.2, -0.15) is 0 Å². The number of nitrogens with zero attached hydrogens (tertiary/aromatic N) is 2. The number of hydrogen-bond donors (Lipinski definition) is 2. The SMILES string of the molecule is CCc1ccc(CNC(=NC)NCc2cc(C)no2)s1.I. The molecular formula is C14H21IN4OS. The zero-order chi connectivity index (χ0) is 14.4. The van der Waals surface area contributed by atoms with Crippen LogP contribution in [0.4, 0.5) is 0 Å². The average molecular weight is 420 g/mol. The highest BCUT2D eigenvalue weighted by Crippen LogP contribution is 2.16. The van der Waals surface area contributed by atoms with Gasteiger partial charge in [-0.05, 0) is 25.5 Å². The molecule has 5 nitrogen and oxygen atoms in total. The van der Waals surface area contributed by atoms with Crippen molar-refractivity contribution in [3.63, 3.8) is 0 Å². The van der Waals surface area contributed by atoms with Gasteiger partial charge >= 0.3 is 0 Å². The van der Waals surface area contributed by atoms with E-state index in [-0.39, 0.29) is 24.0 Å². The number of rotatable bonds is 5. The molecule has 0 aliphatic carbocycles. The van der Waals surface area contributed by atoms with Gasteiger partial charge in [0.05, 0.1) is 18.8 Å². The summed E-state index contributed by atoms with van der Waals surface area (Å²) in [5.74, 6) is 1.56. The van der Waals surface area contributed by atoms with Crippen LogP contribution < -0.4 is 10.6 Å². The number of aromatic nitrogens is 1. The summed E-state index contributed by atoms with van der Waals surface area (Å²) < 4.78 is 5.15. The molecule has 2 aromatic rings. The fourth-order valence-electron chi connectivity index (χ4n) is 1.77. The maximum atomic E-state index is 5.15. The van der Waals surface area contributed by atoms with E-state index < -0.39 is 0 Å². The number of aryl methyl sites for hydroxylation is 2. The molecule has 0 unspecified atom stereocenters. The van der Waals surface area contributed by atoms with Crippen molar-refractivity contribution in [1.82, 2.24) is 15.8 Å². The monoisotopic (exact) mass is 420 g/mol. The van der Waals surface area contributed by atoms with Crippen LogP contribution in [0, 0.1) is 6.92 Å². The predicted octanol–water partition coefficient (Wildman–Crippen LogP) is 3.09. The Balaban J connectivity index is 0.00000220. The number of nitrogens with one attached hydrogen (secondary N) is 2. The smallest absolute Gasteiger partial charge is 0.191 e. The van der Waals surface area contributed by atoms with Crippen molar-refractivity contribution in [3.05, 3.63) is 39.4 Å². The first-order valence-corrected chi connectivity index (χ1v) is 7.47. The summed E-state index contributed by atoms with van der Waals surface area (Å²) in [5, 5.41) is 10.3. The standard InChI is InChI=1S/C14H20N4OS.HI/c1-4-12-5-6-13(20-12)9-17-14(15-3)16-8-11-7-10(2)18-19-11;/h5-7H,4,8-9H2,1-3H3,(H2,15,16,17);1H. The molecule has 2 rings (SSSR count). The van der Waals surface area contributed by atoms with Crippen LogP contribution in [0.25, 0.3) is 0 Å². The lowest BCUT2D eigenvalue weighted by Gasteiger charge is -2.09. The van der Waals surface area contributed by atoms with Crippen molar-refractivity contribution in [1.29, 1.82) is 0 Å². The third-order valence-corrected chi connectivity index (χ3v) is 4.06. The predicted molar refractivity (Wildman–Crippen MR) is 97.4 cm³/mol. The van der Waals surface area contributed by atoms with Gasteiger partial charge in [-0.25, -0.2) is 0 Å². The van der Waals surface area contributed by atoms with Gasteiger partial charge in [0.15, 0.2) is 11.7 Å². The van der Waals surface area contributed by atoms with E-state index in [1.165, 1.54) is 9.75 Å². The molecule has 0 radical (unpaired) electrons. The highest BCUT2D eigenvalue weighted by molar-refractivity contribution is 14.0. The molecule has 0 amide bonds. The minimum atomic E-state index is 0. The first-order chi connectivity index (χ1) is 9.71. The second-order valence-corrected chi connectivity index (χ2v) is 5.69. The Kier molecular flexibility index (Phi) is 7.73. The Morgan fingerprint density at radius 3 is 2.57 bits per heavy atom. The second-order valence-electron chi connectivity index (χ2n) is 4.44. The Hall–Kier alpha value is -1.09. The van der Waals surface area contributed by atoms with E-state index in [1.807, 2.05) is 24.3 Å². The fourth-order valence-corrected chi connectivity index (χ4v) is 2.67. The van der Waals surface area contributed by atoms with Crippen LogP contribution in [0.3, 0.4) is 0 Å². The van der Waals surface area contributed by atoms with Gasteiger partial charge < -0.3 is 15.2 Å². The second kappa shape index (κ2) is 9.04. The highest BCUT2D eigenvalue weighted by atomic mass is 127. The highest BCUT2D eigenvalue weighted by Gasteiger charge is 2.04. The van der Waals surface area contributed by atoms with Gasteiger partial charge in [-0.1, -0.05) is 12.1 Å². The molecule has 2 N–H and O–H groups in total. The van der Waals surface area contributed by atoms with E-state index in [1.54, 1.807) is 7.05 Å². The van der Waals surface area contributed by atoms with Gasteiger partial charge in [-0.15, -0.1) is 35.3 Å². The lowest BCUT2D eigenvalue weighted by Crippen LogP contribution is -2.36. The first kappa shape index (κ1) is 18.0. The molecular weight excluding hydrogens is 399 g/mol. The number of hydrogen-bond acceptors (Lipinski definition) is 4. The van der Waals surface area contributed by atoms with Gasteiger partial charge in [-0.3, -0.25) is 4.99 Å². The van der Waals surface area contributed by atoms with E-state index >= 15 is 0 Å². The Morgan fingerprint density at radius 1 is 1.29 bits per heavy atom. The van der Waals surface area contributed by atoms with Gasteiger partial charge in [0, 0.05) is 22.9 Å². The van der Waals surface area contributed by atoms with Crippen molar-refractivity contribution in [2.75, 3.05) is 7.05 Å². The first-order valence-electron chi connectivity index (χ1n) is 6.65. The van der Waals surface area contributed by atoms with Gasteiger partial charge in [0.1, 0.15) is 0 Å². The third-order valence-electron chi connectivity index (χ3n) is 2.83. The molecule has 0 fully saturated rings. The van der Waals surface area contributed by atoms with Crippen molar-refractivity contribution in [2.45, 2.75) is 33.4 Å². The quantitative estimate of drug-likeness (QED) is 0.444. The molecule has 0 spiro atoms. The fraction of sp³-hybridized carbons (Fsp3) is 0.429. The number of halogens is 1. The minimum Gasteiger partial charge on any atom is -0.359 e. The Bertz CT molecular complexity index is 579. The zero-order valence-electron chi connectivity index (χ0n) is 12.5. The van der Waals surface area contributed by atoms with Gasteiger partial charge in [0.25, 0.3) is 0 Å². The summed E-state index contributed by atoms with van der Waals surface area (Å²) in [6.07, 6.45) is 1.09. The topological polar surface area (TPSA) is 62.5 Å². The van der Waals surface area contributed by atoms with Crippen LogP contribution in [-0.2, 0) is 19.5 Å². The summed E-state index contributed by atoms with van der Waals surface area (Å²) in [5.41, 5.74) is 0.885. The summed E-state index contributed by atoms with van der Waals surface area (Å²) in [4.78, 5) is 6.90. The summed E-state index contributed by atoms with van der Waals surface area (Å²) in [7, 11) is 1.76. The molecule has 0 saturated heterocycles. The van der Waals surface area contributed by atoms with E-state index in [2.05, 4.69) is 39.8 Å². The van der Waals surface area contributed by atoms with Crippen LogP contribution in [0.15, 0.2) is 27.7 Å². The molecule has 0 aliphatic heterocycles. The van der Waals surface area contributed by atoms with Crippen molar-refractivity contribution < 1.29 is 4.52 Å². The average Bonchev–Trinajstić information content (AvgIpc) is 3.08. The number of thiophene rings is 1. The molecule has 0 saturated carbocycles. The molecule has 116 valence electrons. The molecule has 0 bridgehead atoms. The minimum absolute atomic E-state index is 0.